The van der Waals surface area contributed by atoms with Crippen molar-refractivity contribution in [1.29, 1.82) is 0 Å². The molecular weight excluding hydrogens is 348 g/mol. The lowest BCUT2D eigenvalue weighted by Crippen LogP contribution is -2.41. The predicted octanol–water partition coefficient (Wildman–Crippen LogP) is 3.25. The minimum Gasteiger partial charge on any atom is -0.400 e. The van der Waals surface area contributed by atoms with Crippen molar-refractivity contribution in [2.75, 3.05) is 6.54 Å². The first-order valence-corrected chi connectivity index (χ1v) is 8.16. The third kappa shape index (κ3) is 4.65. The predicted molar refractivity (Wildman–Crippen MR) is 92.0 cm³/mol. The SMILES string of the molecule is CC(=O)NCC(=Cc1cc(C(F)(F)F)ccn1)B1OC(C)(C)C(C)(C)O1. The van der Waals surface area contributed by atoms with E-state index in [9.17, 15) is 18.0 Å². The Balaban J connectivity index is 2.37. The summed E-state index contributed by atoms with van der Waals surface area (Å²) in [7, 11) is -0.803. The maximum atomic E-state index is 12.9. The van der Waals surface area contributed by atoms with Crippen LogP contribution >= 0.6 is 0 Å². The number of nitrogens with one attached hydrogen (secondary N) is 1. The molecule has 0 bridgehead atoms. The Morgan fingerprint density at radius 3 is 2.35 bits per heavy atom. The van der Waals surface area contributed by atoms with E-state index in [-0.39, 0.29) is 18.1 Å². The van der Waals surface area contributed by atoms with Gasteiger partial charge >= 0.3 is 13.3 Å². The molecule has 0 spiro atoms. The summed E-state index contributed by atoms with van der Waals surface area (Å²) < 4.78 is 50.6. The number of alkyl halides is 3. The van der Waals surface area contributed by atoms with Crippen molar-refractivity contribution in [1.82, 2.24) is 10.3 Å². The van der Waals surface area contributed by atoms with E-state index in [2.05, 4.69) is 10.3 Å². The quantitative estimate of drug-likeness (QED) is 0.827. The van der Waals surface area contributed by atoms with Gasteiger partial charge in [0.2, 0.25) is 5.91 Å². The number of hydrogen-bond donors (Lipinski definition) is 1. The normalized spacial score (nSPS) is 19.5. The average molecular weight is 370 g/mol. The van der Waals surface area contributed by atoms with Crippen LogP contribution in [0.5, 0.6) is 0 Å². The summed E-state index contributed by atoms with van der Waals surface area (Å²) in [5, 5.41) is 2.63. The van der Waals surface area contributed by atoms with Gasteiger partial charge in [-0.3, -0.25) is 9.78 Å². The van der Waals surface area contributed by atoms with Gasteiger partial charge in [0, 0.05) is 19.7 Å². The van der Waals surface area contributed by atoms with E-state index in [0.717, 1.165) is 18.3 Å². The summed E-state index contributed by atoms with van der Waals surface area (Å²) in [6, 6.07) is 1.85. The number of carbonyl (C=O) groups is 1. The first kappa shape index (κ1) is 20.4. The maximum absolute atomic E-state index is 12.9. The molecule has 2 rings (SSSR count). The lowest BCUT2D eigenvalue weighted by atomic mass is 9.77. The van der Waals surface area contributed by atoms with Crippen molar-refractivity contribution >= 4 is 19.1 Å². The van der Waals surface area contributed by atoms with E-state index in [1.54, 1.807) is 0 Å². The number of rotatable bonds is 4. The summed E-state index contributed by atoms with van der Waals surface area (Å²) in [4.78, 5) is 15.2. The van der Waals surface area contributed by atoms with Gasteiger partial charge in [-0.1, -0.05) is 0 Å². The van der Waals surface area contributed by atoms with Gasteiger partial charge in [0.1, 0.15) is 0 Å². The second kappa shape index (κ2) is 7.04. The van der Waals surface area contributed by atoms with Gasteiger partial charge in [0.05, 0.1) is 22.5 Å². The third-order valence-corrected chi connectivity index (χ3v) is 4.54. The number of aromatic nitrogens is 1. The lowest BCUT2D eigenvalue weighted by Gasteiger charge is -2.32. The monoisotopic (exact) mass is 370 g/mol. The van der Waals surface area contributed by atoms with E-state index in [1.165, 1.54) is 13.0 Å². The second-order valence-electron chi connectivity index (χ2n) is 7.18. The van der Waals surface area contributed by atoms with E-state index in [4.69, 9.17) is 9.31 Å². The zero-order valence-corrected chi connectivity index (χ0v) is 15.4. The highest BCUT2D eigenvalue weighted by Gasteiger charge is 2.52. The van der Waals surface area contributed by atoms with E-state index < -0.39 is 30.1 Å². The molecule has 1 amide bonds. The molecule has 2 heterocycles. The van der Waals surface area contributed by atoms with Gasteiger partial charge in [-0.15, -0.1) is 0 Å². The minimum atomic E-state index is -4.46. The van der Waals surface area contributed by atoms with E-state index in [0.29, 0.717) is 5.47 Å². The Morgan fingerprint density at radius 2 is 1.85 bits per heavy atom. The molecule has 0 radical (unpaired) electrons. The summed E-state index contributed by atoms with van der Waals surface area (Å²) in [6.45, 7) is 8.89. The Kier molecular flexibility index (Phi) is 5.53. The summed E-state index contributed by atoms with van der Waals surface area (Å²) in [6.07, 6.45) is -1.92. The molecular formula is C17H22BF3N2O3. The molecule has 5 nitrogen and oxygen atoms in total. The van der Waals surface area contributed by atoms with Crippen LogP contribution < -0.4 is 5.32 Å². The van der Waals surface area contributed by atoms with Crippen LogP contribution in [0.25, 0.3) is 6.08 Å². The molecule has 1 N–H and O–H groups in total. The van der Waals surface area contributed by atoms with Crippen LogP contribution in [0.4, 0.5) is 13.2 Å². The van der Waals surface area contributed by atoms with E-state index in [1.807, 2.05) is 27.7 Å². The molecule has 1 aromatic heterocycles. The van der Waals surface area contributed by atoms with Crippen LogP contribution in [0.3, 0.4) is 0 Å². The van der Waals surface area contributed by atoms with Gasteiger partial charge in [0.25, 0.3) is 0 Å². The number of nitrogens with zero attached hydrogens (tertiary/aromatic N) is 1. The molecule has 1 saturated heterocycles. The fraction of sp³-hybridized carbons (Fsp3) is 0.529. The lowest BCUT2D eigenvalue weighted by molar-refractivity contribution is -0.137. The van der Waals surface area contributed by atoms with Gasteiger partial charge in [-0.25, -0.2) is 0 Å². The van der Waals surface area contributed by atoms with Crippen LogP contribution in [0.15, 0.2) is 23.8 Å². The van der Waals surface area contributed by atoms with Gasteiger partial charge < -0.3 is 14.6 Å². The molecule has 1 fully saturated rings. The first-order valence-electron chi connectivity index (χ1n) is 8.16. The Morgan fingerprint density at radius 1 is 1.27 bits per heavy atom. The highest BCUT2D eigenvalue weighted by atomic mass is 19.4. The van der Waals surface area contributed by atoms with Gasteiger partial charge in [0.15, 0.2) is 0 Å². The molecule has 0 unspecified atom stereocenters. The molecule has 0 aliphatic carbocycles. The number of carbonyl (C=O) groups excluding carboxylic acids is 1. The van der Waals surface area contributed by atoms with Crippen molar-refractivity contribution in [3.63, 3.8) is 0 Å². The smallest absolute Gasteiger partial charge is 0.400 e. The van der Waals surface area contributed by atoms with Gasteiger partial charge in [-0.2, -0.15) is 13.2 Å². The third-order valence-electron chi connectivity index (χ3n) is 4.54. The molecule has 1 aliphatic rings. The molecule has 0 aromatic carbocycles. The fourth-order valence-electron chi connectivity index (χ4n) is 2.32. The zero-order chi connectivity index (χ0) is 19.8. The molecule has 0 saturated carbocycles. The maximum Gasteiger partial charge on any atom is 0.492 e. The van der Waals surface area contributed by atoms with Crippen LogP contribution in [-0.4, -0.2) is 35.8 Å². The summed E-state index contributed by atoms with van der Waals surface area (Å²) >= 11 is 0. The number of halogens is 3. The van der Waals surface area contributed by atoms with Crippen molar-refractivity contribution in [3.05, 3.63) is 35.1 Å². The number of pyridine rings is 1. The summed E-state index contributed by atoms with van der Waals surface area (Å²) in [5.41, 5.74) is -1.45. The average Bonchev–Trinajstić information content (AvgIpc) is 2.71. The second-order valence-corrected chi connectivity index (χ2v) is 7.18. The van der Waals surface area contributed by atoms with Crippen molar-refractivity contribution < 1.29 is 27.3 Å². The molecule has 0 atom stereocenters. The Labute approximate surface area is 151 Å². The highest BCUT2D eigenvalue weighted by Crippen LogP contribution is 2.38. The van der Waals surface area contributed by atoms with Crippen LogP contribution in [-0.2, 0) is 20.3 Å². The van der Waals surface area contributed by atoms with Gasteiger partial charge in [-0.05, 0) is 51.4 Å². The molecule has 1 aliphatic heterocycles. The van der Waals surface area contributed by atoms with Crippen molar-refractivity contribution in [2.45, 2.75) is 52.0 Å². The van der Waals surface area contributed by atoms with E-state index >= 15 is 0 Å². The molecule has 9 heteroatoms. The minimum absolute atomic E-state index is 0.0735. The largest absolute Gasteiger partial charge is 0.492 e. The van der Waals surface area contributed by atoms with Crippen molar-refractivity contribution in [2.24, 2.45) is 0 Å². The topological polar surface area (TPSA) is 60.5 Å². The molecule has 1 aromatic rings. The van der Waals surface area contributed by atoms with Crippen LogP contribution in [0.1, 0.15) is 45.9 Å². The Bertz CT molecular complexity index is 701. The summed E-state index contributed by atoms with van der Waals surface area (Å²) in [5.74, 6) is -0.274. The van der Waals surface area contributed by atoms with Crippen molar-refractivity contribution in [3.8, 4) is 0 Å². The number of amides is 1. The Hall–Kier alpha value is -1.87. The number of hydrogen-bond acceptors (Lipinski definition) is 4. The van der Waals surface area contributed by atoms with Crippen LogP contribution in [0.2, 0.25) is 0 Å². The fourth-order valence-corrected chi connectivity index (χ4v) is 2.32. The van der Waals surface area contributed by atoms with Crippen LogP contribution in [0, 0.1) is 0 Å². The highest BCUT2D eigenvalue weighted by molar-refractivity contribution is 6.56. The molecule has 142 valence electrons. The first-order chi connectivity index (χ1) is 11.8. The zero-order valence-electron chi connectivity index (χ0n) is 15.4. The molecule has 26 heavy (non-hydrogen) atoms. The standard InChI is InChI=1S/C17H22BF3N2O3/c1-11(24)23-10-13(18-25-15(2,3)16(4,5)26-18)9-14-8-12(6-7-22-14)17(19,20)21/h6-9H,10H2,1-5H3,(H,23,24).